The molecular weight excluding hydrogens is 300 g/mol. The fourth-order valence-corrected chi connectivity index (χ4v) is 2.81. The Labute approximate surface area is 134 Å². The Kier molecular flexibility index (Phi) is 5.18. The summed E-state index contributed by atoms with van der Waals surface area (Å²) in [6.45, 7) is 9.15. The van der Waals surface area contributed by atoms with Crippen LogP contribution in [0.5, 0.6) is 0 Å². The van der Waals surface area contributed by atoms with E-state index in [1.807, 2.05) is 6.92 Å². The predicted molar refractivity (Wildman–Crippen MR) is 86.0 cm³/mol. The van der Waals surface area contributed by atoms with Crippen LogP contribution >= 0.6 is 11.3 Å². The van der Waals surface area contributed by atoms with Crippen molar-refractivity contribution in [2.75, 3.05) is 6.54 Å². The third kappa shape index (κ3) is 4.84. The number of thiazole rings is 1. The minimum absolute atomic E-state index is 0.0642. The standard InChI is InChI=1S/C15H22N4O2S/c1-10-7-11(21-19-10)8-17-14(20)16-6-5-13-18-12(9-22-13)15(2,3)4/h7,9H,5-6,8H2,1-4H3,(H2,16,17,20). The van der Waals surface area contributed by atoms with Gasteiger partial charge in [0.15, 0.2) is 5.76 Å². The van der Waals surface area contributed by atoms with Crippen LogP contribution in [0.1, 0.15) is 42.9 Å². The molecule has 0 aliphatic rings. The van der Waals surface area contributed by atoms with Crippen molar-refractivity contribution in [3.05, 3.63) is 33.6 Å². The lowest BCUT2D eigenvalue weighted by atomic mass is 9.93. The molecule has 0 aliphatic carbocycles. The van der Waals surface area contributed by atoms with Gasteiger partial charge in [-0.15, -0.1) is 11.3 Å². The van der Waals surface area contributed by atoms with E-state index in [2.05, 4.69) is 46.9 Å². The minimum atomic E-state index is -0.221. The smallest absolute Gasteiger partial charge is 0.315 e. The van der Waals surface area contributed by atoms with Crippen molar-refractivity contribution in [3.63, 3.8) is 0 Å². The average molecular weight is 322 g/mol. The molecule has 0 saturated heterocycles. The summed E-state index contributed by atoms with van der Waals surface area (Å²) in [5.41, 5.74) is 1.96. The van der Waals surface area contributed by atoms with Gasteiger partial charge in [0.05, 0.1) is 22.9 Å². The van der Waals surface area contributed by atoms with Crippen LogP contribution < -0.4 is 10.6 Å². The molecule has 0 fully saturated rings. The van der Waals surface area contributed by atoms with Crippen molar-refractivity contribution in [2.24, 2.45) is 0 Å². The highest BCUT2D eigenvalue weighted by molar-refractivity contribution is 7.09. The first kappa shape index (κ1) is 16.5. The van der Waals surface area contributed by atoms with Gasteiger partial charge in [-0.2, -0.15) is 0 Å². The van der Waals surface area contributed by atoms with E-state index in [1.54, 1.807) is 17.4 Å². The van der Waals surface area contributed by atoms with E-state index in [-0.39, 0.29) is 11.4 Å². The lowest BCUT2D eigenvalue weighted by molar-refractivity contribution is 0.239. The largest absolute Gasteiger partial charge is 0.359 e. The van der Waals surface area contributed by atoms with E-state index in [0.29, 0.717) is 18.8 Å². The van der Waals surface area contributed by atoms with Gasteiger partial charge in [0.2, 0.25) is 0 Å². The summed E-state index contributed by atoms with van der Waals surface area (Å²) in [5.74, 6) is 0.641. The minimum Gasteiger partial charge on any atom is -0.359 e. The van der Waals surface area contributed by atoms with Crippen molar-refractivity contribution < 1.29 is 9.32 Å². The number of aryl methyl sites for hydroxylation is 1. The van der Waals surface area contributed by atoms with E-state index in [1.165, 1.54) is 0 Å². The quantitative estimate of drug-likeness (QED) is 0.887. The molecule has 0 atom stereocenters. The maximum Gasteiger partial charge on any atom is 0.315 e. The zero-order chi connectivity index (χ0) is 16.2. The Hall–Kier alpha value is -1.89. The van der Waals surface area contributed by atoms with Crippen molar-refractivity contribution in [2.45, 2.75) is 46.1 Å². The summed E-state index contributed by atoms with van der Waals surface area (Å²) < 4.78 is 5.02. The normalized spacial score (nSPS) is 11.5. The second-order valence-electron chi connectivity index (χ2n) is 6.17. The Morgan fingerprint density at radius 1 is 1.36 bits per heavy atom. The predicted octanol–water partition coefficient (Wildman–Crippen LogP) is 2.78. The second-order valence-corrected chi connectivity index (χ2v) is 7.11. The van der Waals surface area contributed by atoms with Gasteiger partial charge in [0.1, 0.15) is 0 Å². The molecule has 0 bridgehead atoms. The fourth-order valence-electron chi connectivity index (χ4n) is 1.78. The Morgan fingerprint density at radius 2 is 2.14 bits per heavy atom. The van der Waals surface area contributed by atoms with E-state index in [0.717, 1.165) is 22.8 Å². The molecule has 0 radical (unpaired) electrons. The molecule has 6 nitrogen and oxygen atoms in total. The Bertz CT molecular complexity index is 628. The molecule has 0 unspecified atom stereocenters. The number of carbonyl (C=O) groups excluding carboxylic acids is 1. The first-order valence-electron chi connectivity index (χ1n) is 7.23. The summed E-state index contributed by atoms with van der Waals surface area (Å²) in [6, 6.07) is 1.57. The monoisotopic (exact) mass is 322 g/mol. The molecule has 2 N–H and O–H groups in total. The topological polar surface area (TPSA) is 80.0 Å². The molecule has 7 heteroatoms. The molecule has 2 aromatic heterocycles. The van der Waals surface area contributed by atoms with Crippen LogP contribution in [0, 0.1) is 6.92 Å². The second kappa shape index (κ2) is 6.91. The molecule has 2 amide bonds. The van der Waals surface area contributed by atoms with Crippen LogP contribution in [0.25, 0.3) is 0 Å². The first-order valence-corrected chi connectivity index (χ1v) is 8.11. The van der Waals surface area contributed by atoms with Gasteiger partial charge >= 0.3 is 6.03 Å². The molecule has 22 heavy (non-hydrogen) atoms. The molecule has 2 heterocycles. The summed E-state index contributed by atoms with van der Waals surface area (Å²) in [7, 11) is 0. The maximum atomic E-state index is 11.7. The number of nitrogens with one attached hydrogen (secondary N) is 2. The average Bonchev–Trinajstić information content (AvgIpc) is 3.05. The zero-order valence-corrected chi connectivity index (χ0v) is 14.2. The van der Waals surface area contributed by atoms with Crippen LogP contribution in [0.2, 0.25) is 0 Å². The highest BCUT2D eigenvalue weighted by Gasteiger charge is 2.17. The van der Waals surface area contributed by atoms with Gasteiger partial charge in [-0.1, -0.05) is 25.9 Å². The number of nitrogens with zero attached hydrogens (tertiary/aromatic N) is 2. The Balaban J connectivity index is 1.69. The van der Waals surface area contributed by atoms with Crippen LogP contribution in [0.3, 0.4) is 0 Å². The number of urea groups is 1. The molecule has 120 valence electrons. The third-order valence-electron chi connectivity index (χ3n) is 3.04. The number of amides is 2. The molecule has 0 saturated carbocycles. The molecule has 2 aromatic rings. The van der Waals surface area contributed by atoms with Gasteiger partial charge in [0, 0.05) is 29.8 Å². The van der Waals surface area contributed by atoms with Crippen molar-refractivity contribution in [1.29, 1.82) is 0 Å². The lowest BCUT2D eigenvalue weighted by Gasteiger charge is -2.14. The highest BCUT2D eigenvalue weighted by atomic mass is 32.1. The van der Waals surface area contributed by atoms with Crippen LogP contribution in [-0.2, 0) is 18.4 Å². The summed E-state index contributed by atoms with van der Waals surface area (Å²) in [5, 5.41) is 12.4. The SMILES string of the molecule is Cc1cc(CNC(=O)NCCc2nc(C(C)(C)C)cs2)on1. The van der Waals surface area contributed by atoms with Gasteiger partial charge in [0.25, 0.3) is 0 Å². The van der Waals surface area contributed by atoms with Crippen molar-refractivity contribution >= 4 is 17.4 Å². The summed E-state index contributed by atoms with van der Waals surface area (Å²) in [6.07, 6.45) is 0.732. The third-order valence-corrected chi connectivity index (χ3v) is 3.95. The van der Waals surface area contributed by atoms with Crippen LogP contribution in [0.4, 0.5) is 4.79 Å². The summed E-state index contributed by atoms with van der Waals surface area (Å²) in [4.78, 5) is 16.3. The number of carbonyl (C=O) groups is 1. The number of hydrogen-bond donors (Lipinski definition) is 2. The van der Waals surface area contributed by atoms with Gasteiger partial charge < -0.3 is 15.2 Å². The lowest BCUT2D eigenvalue weighted by Crippen LogP contribution is -2.36. The van der Waals surface area contributed by atoms with Crippen molar-refractivity contribution in [1.82, 2.24) is 20.8 Å². The molecule has 2 rings (SSSR count). The van der Waals surface area contributed by atoms with Gasteiger partial charge in [-0.3, -0.25) is 0 Å². The van der Waals surface area contributed by atoms with E-state index >= 15 is 0 Å². The van der Waals surface area contributed by atoms with E-state index in [4.69, 9.17) is 4.52 Å². The number of hydrogen-bond acceptors (Lipinski definition) is 5. The summed E-state index contributed by atoms with van der Waals surface area (Å²) >= 11 is 1.63. The zero-order valence-electron chi connectivity index (χ0n) is 13.4. The molecule has 0 aromatic carbocycles. The maximum absolute atomic E-state index is 11.7. The molecular formula is C15H22N4O2S. The van der Waals surface area contributed by atoms with Crippen molar-refractivity contribution in [3.8, 4) is 0 Å². The van der Waals surface area contributed by atoms with E-state index in [9.17, 15) is 4.79 Å². The Morgan fingerprint density at radius 3 is 2.73 bits per heavy atom. The number of aromatic nitrogens is 2. The van der Waals surface area contributed by atoms with Crippen LogP contribution in [-0.4, -0.2) is 22.7 Å². The molecule has 0 aliphatic heterocycles. The highest BCUT2D eigenvalue weighted by Crippen LogP contribution is 2.23. The van der Waals surface area contributed by atoms with Gasteiger partial charge in [-0.05, 0) is 6.92 Å². The fraction of sp³-hybridized carbons (Fsp3) is 0.533. The first-order chi connectivity index (χ1) is 10.3. The van der Waals surface area contributed by atoms with Gasteiger partial charge in [-0.25, -0.2) is 9.78 Å². The van der Waals surface area contributed by atoms with Crippen LogP contribution in [0.15, 0.2) is 16.0 Å². The number of rotatable bonds is 5. The van der Waals surface area contributed by atoms with E-state index < -0.39 is 0 Å². The molecule has 0 spiro atoms.